The first-order chi connectivity index (χ1) is 6.69. The number of hydrogen-bond donors (Lipinski definition) is 2. The molecule has 0 heterocycles. The van der Waals surface area contributed by atoms with Gasteiger partial charge in [-0.2, -0.15) is 0 Å². The van der Waals surface area contributed by atoms with Crippen LogP contribution in [0.25, 0.3) is 0 Å². The molecule has 2 N–H and O–H groups in total. The van der Waals surface area contributed by atoms with Crippen LogP contribution in [0.15, 0.2) is 18.2 Å². The van der Waals surface area contributed by atoms with Crippen LogP contribution in [-0.4, -0.2) is 16.8 Å². The molecule has 3 heteroatoms. The molecular weight excluding hydrogens is 200 g/mol. The number of halogens is 1. The third kappa shape index (κ3) is 1.30. The van der Waals surface area contributed by atoms with E-state index >= 15 is 0 Å². The fourth-order valence-electron chi connectivity index (χ4n) is 2.13. The Bertz CT molecular complexity index is 319. The lowest BCUT2D eigenvalue weighted by atomic mass is 9.65. The van der Waals surface area contributed by atoms with Crippen LogP contribution in [0.5, 0.6) is 5.75 Å². The second kappa shape index (κ2) is 3.44. The third-order valence-electron chi connectivity index (χ3n) is 3.14. The Morgan fingerprint density at radius 2 is 2.07 bits per heavy atom. The number of phenols is 1. The molecule has 0 aromatic heterocycles. The Labute approximate surface area is 88.1 Å². The first kappa shape index (κ1) is 9.81. The van der Waals surface area contributed by atoms with Crippen LogP contribution < -0.4 is 0 Å². The van der Waals surface area contributed by atoms with Crippen molar-refractivity contribution in [3.05, 3.63) is 28.8 Å². The van der Waals surface area contributed by atoms with Gasteiger partial charge in [-0.25, -0.2) is 0 Å². The molecule has 1 aromatic rings. The molecule has 1 fully saturated rings. The van der Waals surface area contributed by atoms with Crippen molar-refractivity contribution in [3.63, 3.8) is 0 Å². The molecule has 14 heavy (non-hydrogen) atoms. The van der Waals surface area contributed by atoms with Gasteiger partial charge in [0.25, 0.3) is 0 Å². The average Bonchev–Trinajstić information content (AvgIpc) is 2.08. The topological polar surface area (TPSA) is 40.5 Å². The van der Waals surface area contributed by atoms with Crippen molar-refractivity contribution in [2.24, 2.45) is 0 Å². The fourth-order valence-corrected chi connectivity index (χ4v) is 2.50. The quantitative estimate of drug-likeness (QED) is 0.791. The highest BCUT2D eigenvalue weighted by molar-refractivity contribution is 6.31. The van der Waals surface area contributed by atoms with Gasteiger partial charge in [0.2, 0.25) is 0 Å². The molecule has 0 radical (unpaired) electrons. The lowest BCUT2D eigenvalue weighted by Gasteiger charge is -2.41. The maximum absolute atomic E-state index is 9.73. The lowest BCUT2D eigenvalue weighted by Crippen LogP contribution is -2.38. The van der Waals surface area contributed by atoms with E-state index in [9.17, 15) is 10.2 Å². The molecule has 1 aromatic carbocycles. The lowest BCUT2D eigenvalue weighted by molar-refractivity contribution is 0.117. The molecule has 1 aliphatic rings. The highest BCUT2D eigenvalue weighted by Gasteiger charge is 2.41. The van der Waals surface area contributed by atoms with Gasteiger partial charge in [0, 0.05) is 16.0 Å². The summed E-state index contributed by atoms with van der Waals surface area (Å²) in [6.45, 7) is 0.0598. The van der Waals surface area contributed by atoms with Crippen LogP contribution in [0.1, 0.15) is 24.8 Å². The zero-order valence-corrected chi connectivity index (χ0v) is 8.59. The summed E-state index contributed by atoms with van der Waals surface area (Å²) in [4.78, 5) is 0. The molecule has 0 bridgehead atoms. The highest BCUT2D eigenvalue weighted by atomic mass is 35.5. The minimum absolute atomic E-state index is 0.0598. The molecular formula is C11H13ClO2. The zero-order chi connectivity index (χ0) is 10.2. The van der Waals surface area contributed by atoms with Crippen LogP contribution in [-0.2, 0) is 5.41 Å². The van der Waals surface area contributed by atoms with Gasteiger partial charge >= 0.3 is 0 Å². The molecule has 2 rings (SSSR count). The Morgan fingerprint density at radius 1 is 1.36 bits per heavy atom. The summed E-state index contributed by atoms with van der Waals surface area (Å²) in [5, 5.41) is 19.7. The zero-order valence-electron chi connectivity index (χ0n) is 7.83. The van der Waals surface area contributed by atoms with Crippen LogP contribution in [0.2, 0.25) is 5.02 Å². The van der Waals surface area contributed by atoms with Gasteiger partial charge in [0.1, 0.15) is 5.75 Å². The Morgan fingerprint density at radius 3 is 2.50 bits per heavy atom. The van der Waals surface area contributed by atoms with Crippen molar-refractivity contribution in [2.45, 2.75) is 24.7 Å². The minimum atomic E-state index is -0.289. The van der Waals surface area contributed by atoms with Gasteiger partial charge in [0.05, 0.1) is 6.61 Å². The predicted octanol–water partition coefficient (Wildman–Crippen LogP) is 2.46. The summed E-state index contributed by atoms with van der Waals surface area (Å²) in [5.41, 5.74) is 0.429. The number of benzene rings is 1. The summed E-state index contributed by atoms with van der Waals surface area (Å²) in [7, 11) is 0. The number of aliphatic hydroxyl groups is 1. The van der Waals surface area contributed by atoms with Gasteiger partial charge in [-0.05, 0) is 25.0 Å². The summed E-state index contributed by atoms with van der Waals surface area (Å²) in [6.07, 6.45) is 2.90. The number of hydrogen-bond acceptors (Lipinski definition) is 2. The van der Waals surface area contributed by atoms with Gasteiger partial charge < -0.3 is 10.2 Å². The molecule has 1 aliphatic carbocycles. The predicted molar refractivity (Wildman–Crippen MR) is 55.7 cm³/mol. The number of phenolic OH excluding ortho intramolecular Hbond substituents is 1. The van der Waals surface area contributed by atoms with Crippen molar-refractivity contribution >= 4 is 11.6 Å². The van der Waals surface area contributed by atoms with Crippen LogP contribution in [0, 0.1) is 0 Å². The summed E-state index contributed by atoms with van der Waals surface area (Å²) < 4.78 is 0. The van der Waals surface area contributed by atoms with Crippen molar-refractivity contribution < 1.29 is 10.2 Å². The van der Waals surface area contributed by atoms with Crippen molar-refractivity contribution in [3.8, 4) is 5.75 Å². The van der Waals surface area contributed by atoms with Crippen LogP contribution in [0.3, 0.4) is 0 Å². The van der Waals surface area contributed by atoms with E-state index in [1.54, 1.807) is 18.2 Å². The first-order valence-corrected chi connectivity index (χ1v) is 5.16. The Balaban J connectivity index is 2.49. The molecule has 0 spiro atoms. The Kier molecular flexibility index (Phi) is 2.41. The van der Waals surface area contributed by atoms with Gasteiger partial charge in [-0.1, -0.05) is 24.1 Å². The molecule has 0 atom stereocenters. The molecule has 0 amide bonds. The third-order valence-corrected chi connectivity index (χ3v) is 3.45. The molecule has 0 saturated heterocycles. The molecule has 1 saturated carbocycles. The van der Waals surface area contributed by atoms with Crippen molar-refractivity contribution in [1.82, 2.24) is 0 Å². The second-order valence-electron chi connectivity index (χ2n) is 3.93. The Hall–Kier alpha value is -0.730. The number of aromatic hydroxyl groups is 1. The van der Waals surface area contributed by atoms with E-state index in [1.165, 1.54) is 0 Å². The monoisotopic (exact) mass is 212 g/mol. The smallest absolute Gasteiger partial charge is 0.120 e. The van der Waals surface area contributed by atoms with E-state index in [1.807, 2.05) is 0 Å². The van der Waals surface area contributed by atoms with E-state index in [0.29, 0.717) is 5.02 Å². The largest absolute Gasteiger partial charge is 0.508 e. The molecule has 0 unspecified atom stereocenters. The van der Waals surface area contributed by atoms with E-state index in [4.69, 9.17) is 11.6 Å². The maximum Gasteiger partial charge on any atom is 0.120 e. The summed E-state index contributed by atoms with van der Waals surface area (Å²) in [6, 6.07) is 5.09. The molecule has 0 aliphatic heterocycles. The minimum Gasteiger partial charge on any atom is -0.508 e. The van der Waals surface area contributed by atoms with Crippen LogP contribution in [0.4, 0.5) is 0 Å². The highest BCUT2D eigenvalue weighted by Crippen LogP contribution is 2.49. The first-order valence-electron chi connectivity index (χ1n) is 4.78. The normalized spacial score (nSPS) is 19.0. The number of aliphatic hydroxyl groups excluding tert-OH is 1. The molecule has 76 valence electrons. The van der Waals surface area contributed by atoms with E-state index in [2.05, 4.69) is 0 Å². The van der Waals surface area contributed by atoms with Crippen LogP contribution >= 0.6 is 11.6 Å². The number of rotatable bonds is 2. The summed E-state index contributed by atoms with van der Waals surface area (Å²) >= 11 is 6.03. The fraction of sp³-hybridized carbons (Fsp3) is 0.455. The summed E-state index contributed by atoms with van der Waals surface area (Å²) in [5.74, 6) is 0.200. The van der Waals surface area contributed by atoms with Crippen molar-refractivity contribution in [2.75, 3.05) is 6.61 Å². The van der Waals surface area contributed by atoms with Crippen molar-refractivity contribution in [1.29, 1.82) is 0 Å². The van der Waals surface area contributed by atoms with E-state index < -0.39 is 0 Å². The maximum atomic E-state index is 9.73. The van der Waals surface area contributed by atoms with E-state index in [-0.39, 0.29) is 17.8 Å². The SMILES string of the molecule is OCC1(c2c(O)cccc2Cl)CCC1. The van der Waals surface area contributed by atoms with Gasteiger partial charge in [0.15, 0.2) is 0 Å². The van der Waals surface area contributed by atoms with Gasteiger partial charge in [-0.3, -0.25) is 0 Å². The average molecular weight is 213 g/mol. The van der Waals surface area contributed by atoms with Gasteiger partial charge in [-0.15, -0.1) is 0 Å². The second-order valence-corrected chi connectivity index (χ2v) is 4.33. The molecule has 2 nitrogen and oxygen atoms in total. The van der Waals surface area contributed by atoms with E-state index in [0.717, 1.165) is 24.8 Å². The standard InChI is InChI=1S/C11H13ClO2/c12-8-3-1-4-9(14)10(8)11(7-13)5-2-6-11/h1,3-4,13-14H,2,5-7H2.